The number of anilines is 3. The van der Waals surface area contributed by atoms with Gasteiger partial charge in [0.1, 0.15) is 18.0 Å². The van der Waals surface area contributed by atoms with Crippen molar-refractivity contribution in [3.63, 3.8) is 0 Å². The summed E-state index contributed by atoms with van der Waals surface area (Å²) < 4.78 is 5.61. The van der Waals surface area contributed by atoms with Crippen LogP contribution in [0, 0.1) is 13.8 Å². The van der Waals surface area contributed by atoms with Gasteiger partial charge >= 0.3 is 0 Å². The summed E-state index contributed by atoms with van der Waals surface area (Å²) in [6, 6.07) is 4.23. The van der Waals surface area contributed by atoms with Crippen molar-refractivity contribution in [1.29, 1.82) is 0 Å². The molecule has 3 heterocycles. The molecular weight excluding hydrogens is 330 g/mol. The van der Waals surface area contributed by atoms with Gasteiger partial charge in [-0.1, -0.05) is 0 Å². The average molecular weight is 357 g/mol. The molecule has 140 valence electrons. The highest BCUT2D eigenvalue weighted by Crippen LogP contribution is 2.27. The Labute approximate surface area is 154 Å². The van der Waals surface area contributed by atoms with Gasteiger partial charge in [-0.15, -0.1) is 0 Å². The summed E-state index contributed by atoms with van der Waals surface area (Å²) in [6.07, 6.45) is 2.72. The Kier molecular flexibility index (Phi) is 5.51. The molecular formula is C18H27N7O. The van der Waals surface area contributed by atoms with Crippen LogP contribution >= 0.6 is 0 Å². The van der Waals surface area contributed by atoms with E-state index in [4.69, 9.17) is 4.74 Å². The molecule has 1 aliphatic rings. The van der Waals surface area contributed by atoms with E-state index in [-0.39, 0.29) is 12.1 Å². The second-order valence-electron chi connectivity index (χ2n) is 6.88. The normalized spacial score (nSPS) is 19.7. The number of aromatic nitrogens is 4. The molecule has 0 saturated carbocycles. The molecule has 8 heteroatoms. The summed E-state index contributed by atoms with van der Waals surface area (Å²) in [5.41, 5.74) is 1.92. The van der Waals surface area contributed by atoms with Gasteiger partial charge < -0.3 is 19.9 Å². The van der Waals surface area contributed by atoms with E-state index in [0.717, 1.165) is 42.5 Å². The number of hydrogen-bond donors (Lipinski definition) is 1. The molecule has 2 aromatic rings. The fraction of sp³-hybridized carbons (Fsp3) is 0.556. The molecule has 0 spiro atoms. The zero-order chi connectivity index (χ0) is 18.7. The Morgan fingerprint density at radius 3 is 2.58 bits per heavy atom. The molecule has 1 saturated heterocycles. The van der Waals surface area contributed by atoms with E-state index in [9.17, 15) is 0 Å². The minimum absolute atomic E-state index is 0.180. The van der Waals surface area contributed by atoms with Gasteiger partial charge in [-0.25, -0.2) is 19.9 Å². The first-order valence-electron chi connectivity index (χ1n) is 8.81. The highest BCUT2D eigenvalue weighted by Gasteiger charge is 2.33. The second-order valence-corrected chi connectivity index (χ2v) is 6.88. The van der Waals surface area contributed by atoms with Crippen LogP contribution in [0.1, 0.15) is 17.8 Å². The van der Waals surface area contributed by atoms with Crippen molar-refractivity contribution in [2.75, 3.05) is 49.4 Å². The monoisotopic (exact) mass is 357 g/mol. The minimum atomic E-state index is 0.180. The van der Waals surface area contributed by atoms with Crippen molar-refractivity contribution in [1.82, 2.24) is 19.9 Å². The lowest BCUT2D eigenvalue weighted by Gasteiger charge is -2.26. The molecule has 3 rings (SSSR count). The summed E-state index contributed by atoms with van der Waals surface area (Å²) in [7, 11) is 5.71. The largest absolute Gasteiger partial charge is 0.380 e. The van der Waals surface area contributed by atoms with Crippen LogP contribution < -0.4 is 15.1 Å². The van der Waals surface area contributed by atoms with Crippen LogP contribution in [0.2, 0.25) is 0 Å². The van der Waals surface area contributed by atoms with Crippen molar-refractivity contribution in [3.05, 3.63) is 29.8 Å². The van der Waals surface area contributed by atoms with E-state index in [1.54, 1.807) is 13.4 Å². The van der Waals surface area contributed by atoms with E-state index in [1.165, 1.54) is 0 Å². The third-order valence-corrected chi connectivity index (χ3v) is 4.58. The Bertz CT molecular complexity index is 732. The van der Waals surface area contributed by atoms with Crippen LogP contribution in [0.3, 0.4) is 0 Å². The number of ether oxygens (including phenoxy) is 1. The summed E-state index contributed by atoms with van der Waals surface area (Å²) in [6.45, 7) is 5.49. The molecule has 1 fully saturated rings. The van der Waals surface area contributed by atoms with Crippen molar-refractivity contribution in [2.24, 2.45) is 0 Å². The van der Waals surface area contributed by atoms with Crippen LogP contribution in [0.25, 0.3) is 0 Å². The van der Waals surface area contributed by atoms with Gasteiger partial charge in [0.2, 0.25) is 5.95 Å². The van der Waals surface area contributed by atoms with Gasteiger partial charge in [0.15, 0.2) is 0 Å². The molecule has 0 unspecified atom stereocenters. The lowest BCUT2D eigenvalue weighted by molar-refractivity contribution is 0.118. The summed E-state index contributed by atoms with van der Waals surface area (Å²) in [5, 5.41) is 3.38. The molecule has 1 aliphatic heterocycles. The fourth-order valence-corrected chi connectivity index (χ4v) is 3.27. The number of nitrogens with one attached hydrogen (secondary N) is 1. The van der Waals surface area contributed by atoms with Crippen molar-refractivity contribution >= 4 is 17.6 Å². The lowest BCUT2D eigenvalue weighted by Crippen LogP contribution is -2.36. The molecule has 2 atom stereocenters. The zero-order valence-electron chi connectivity index (χ0n) is 16.1. The second kappa shape index (κ2) is 7.82. The number of hydrogen-bond acceptors (Lipinski definition) is 8. The van der Waals surface area contributed by atoms with Gasteiger partial charge in [0, 0.05) is 51.7 Å². The highest BCUT2D eigenvalue weighted by molar-refractivity contribution is 5.51. The number of aryl methyl sites for hydroxylation is 2. The maximum atomic E-state index is 5.61. The third kappa shape index (κ3) is 4.19. The first kappa shape index (κ1) is 18.3. The van der Waals surface area contributed by atoms with E-state index < -0.39 is 0 Å². The van der Waals surface area contributed by atoms with Crippen LogP contribution in [0.15, 0.2) is 18.5 Å². The highest BCUT2D eigenvalue weighted by atomic mass is 16.5. The Hall–Kier alpha value is -2.48. The van der Waals surface area contributed by atoms with Gasteiger partial charge in [-0.05, 0) is 26.3 Å². The molecule has 0 bridgehead atoms. The quantitative estimate of drug-likeness (QED) is 0.836. The van der Waals surface area contributed by atoms with Gasteiger partial charge in [0.05, 0.1) is 12.1 Å². The Morgan fingerprint density at radius 1 is 1.19 bits per heavy atom. The maximum Gasteiger partial charge on any atom is 0.223 e. The third-order valence-electron chi connectivity index (χ3n) is 4.58. The van der Waals surface area contributed by atoms with Crippen molar-refractivity contribution in [2.45, 2.75) is 32.4 Å². The van der Waals surface area contributed by atoms with E-state index in [1.807, 2.05) is 45.0 Å². The predicted octanol–water partition coefficient (Wildman–Crippen LogP) is 1.66. The topological polar surface area (TPSA) is 79.3 Å². The maximum absolute atomic E-state index is 5.61. The fourth-order valence-electron chi connectivity index (χ4n) is 3.27. The van der Waals surface area contributed by atoms with Crippen LogP contribution in [-0.2, 0) is 4.74 Å². The summed E-state index contributed by atoms with van der Waals surface area (Å²) >= 11 is 0. The minimum Gasteiger partial charge on any atom is -0.380 e. The van der Waals surface area contributed by atoms with Crippen molar-refractivity contribution in [3.8, 4) is 0 Å². The molecule has 0 radical (unpaired) electrons. The van der Waals surface area contributed by atoms with E-state index in [0.29, 0.717) is 5.95 Å². The smallest absolute Gasteiger partial charge is 0.223 e. The molecule has 26 heavy (non-hydrogen) atoms. The average Bonchev–Trinajstić information content (AvgIpc) is 3.02. The number of rotatable bonds is 6. The van der Waals surface area contributed by atoms with Gasteiger partial charge in [0.25, 0.3) is 0 Å². The summed E-state index contributed by atoms with van der Waals surface area (Å²) in [4.78, 5) is 22.0. The molecule has 0 amide bonds. The zero-order valence-corrected chi connectivity index (χ0v) is 16.1. The SMILES string of the molecule is CO[C@@H]1C[C@H](CNc2nc(C)cc(C)n2)N(c2cc(N(C)C)ncn2)C1. The molecule has 0 aliphatic carbocycles. The van der Waals surface area contributed by atoms with Gasteiger partial charge in [-0.2, -0.15) is 0 Å². The molecule has 2 aromatic heterocycles. The first-order valence-corrected chi connectivity index (χ1v) is 8.81. The predicted molar refractivity (Wildman–Crippen MR) is 103 cm³/mol. The van der Waals surface area contributed by atoms with Crippen LogP contribution in [-0.4, -0.2) is 66.4 Å². The Balaban J connectivity index is 1.76. The first-order chi connectivity index (χ1) is 12.5. The Morgan fingerprint density at radius 2 is 1.92 bits per heavy atom. The van der Waals surface area contributed by atoms with Crippen LogP contribution in [0.4, 0.5) is 17.6 Å². The molecule has 8 nitrogen and oxygen atoms in total. The van der Waals surface area contributed by atoms with Crippen molar-refractivity contribution < 1.29 is 4.74 Å². The van der Waals surface area contributed by atoms with Gasteiger partial charge in [-0.3, -0.25) is 0 Å². The van der Waals surface area contributed by atoms with Crippen LogP contribution in [0.5, 0.6) is 0 Å². The standard InChI is InChI=1S/C18H27N7O/c1-12-6-13(2)23-18(22-12)19-9-14-7-15(26-5)10-25(14)17-8-16(24(3)4)20-11-21-17/h6,8,11,14-15H,7,9-10H2,1-5H3,(H,19,22,23)/t14-,15-/m1/s1. The summed E-state index contributed by atoms with van der Waals surface area (Å²) in [5.74, 6) is 2.47. The van der Waals surface area contributed by atoms with E-state index in [2.05, 4.69) is 30.2 Å². The number of nitrogens with zero attached hydrogens (tertiary/aromatic N) is 6. The number of methoxy groups -OCH3 is 1. The lowest BCUT2D eigenvalue weighted by atomic mass is 10.2. The van der Waals surface area contributed by atoms with E-state index >= 15 is 0 Å². The molecule has 0 aromatic carbocycles. The molecule has 1 N–H and O–H groups in total.